The summed E-state index contributed by atoms with van der Waals surface area (Å²) < 4.78 is 1.75. The highest BCUT2D eigenvalue weighted by molar-refractivity contribution is 5.68. The van der Waals surface area contributed by atoms with Crippen LogP contribution in [0.5, 0.6) is 0 Å². The van der Waals surface area contributed by atoms with Gasteiger partial charge in [-0.25, -0.2) is 0 Å². The Bertz CT molecular complexity index is 242. The van der Waals surface area contributed by atoms with E-state index >= 15 is 0 Å². The molecule has 1 aromatic heterocycles. The number of aromatic nitrogens is 3. The summed E-state index contributed by atoms with van der Waals surface area (Å²) in [6.07, 6.45) is 2.29. The average molecular weight is 153 g/mol. The van der Waals surface area contributed by atoms with Crippen LogP contribution in [0.4, 0.5) is 0 Å². The van der Waals surface area contributed by atoms with Crippen LogP contribution in [0.3, 0.4) is 0 Å². The van der Waals surface area contributed by atoms with Crippen molar-refractivity contribution in [3.05, 3.63) is 12.2 Å². The van der Waals surface area contributed by atoms with Gasteiger partial charge in [0.25, 0.3) is 0 Å². The summed E-state index contributed by atoms with van der Waals surface area (Å²) in [5, 5.41) is 7.26. The molecule has 0 unspecified atom stereocenters. The molecule has 0 fully saturated rings. The van der Waals surface area contributed by atoms with Crippen molar-refractivity contribution >= 4 is 6.29 Å². The summed E-state index contributed by atoms with van der Waals surface area (Å²) in [5.74, 6) is 0.906. The number of hydrogen-bond donors (Lipinski definition) is 0. The van der Waals surface area contributed by atoms with Crippen LogP contribution < -0.4 is 0 Å². The Kier molecular flexibility index (Phi) is 2.36. The van der Waals surface area contributed by atoms with E-state index in [1.165, 1.54) is 0 Å². The third-order valence-electron chi connectivity index (χ3n) is 1.31. The van der Waals surface area contributed by atoms with Gasteiger partial charge in [-0.15, -0.1) is 10.2 Å². The first-order valence-electron chi connectivity index (χ1n) is 3.57. The van der Waals surface area contributed by atoms with Gasteiger partial charge in [-0.2, -0.15) is 0 Å². The van der Waals surface area contributed by atoms with Crippen LogP contribution in [0.15, 0.2) is 6.33 Å². The van der Waals surface area contributed by atoms with E-state index in [9.17, 15) is 4.79 Å². The van der Waals surface area contributed by atoms with Gasteiger partial charge in [0, 0.05) is 6.54 Å². The molecule has 0 radical (unpaired) electrons. The van der Waals surface area contributed by atoms with Gasteiger partial charge in [-0.1, -0.05) is 13.8 Å². The molecule has 0 amide bonds. The first kappa shape index (κ1) is 7.91. The van der Waals surface area contributed by atoms with Gasteiger partial charge in [0.2, 0.25) is 0 Å². The lowest BCUT2D eigenvalue weighted by molar-refractivity contribution is 0.111. The molecule has 0 aliphatic carbocycles. The van der Waals surface area contributed by atoms with E-state index in [0.29, 0.717) is 11.7 Å². The topological polar surface area (TPSA) is 47.8 Å². The highest BCUT2D eigenvalue weighted by Gasteiger charge is 2.02. The van der Waals surface area contributed by atoms with Crippen molar-refractivity contribution in [2.45, 2.75) is 20.4 Å². The molecule has 1 heterocycles. The molecule has 0 aromatic carbocycles. The Morgan fingerprint density at radius 1 is 1.73 bits per heavy atom. The molecular formula is C7H11N3O. The minimum Gasteiger partial charge on any atom is -0.311 e. The predicted octanol–water partition coefficient (Wildman–Crippen LogP) is 0.747. The normalized spacial score (nSPS) is 10.5. The van der Waals surface area contributed by atoms with Crippen LogP contribution in [0.1, 0.15) is 24.5 Å². The monoisotopic (exact) mass is 153 g/mol. The minimum atomic E-state index is 0.402. The molecule has 0 aliphatic heterocycles. The van der Waals surface area contributed by atoms with Gasteiger partial charge in [-0.3, -0.25) is 4.79 Å². The molecule has 0 atom stereocenters. The van der Waals surface area contributed by atoms with E-state index in [1.807, 2.05) is 0 Å². The number of carbonyl (C=O) groups is 1. The Balaban J connectivity index is 2.76. The lowest BCUT2D eigenvalue weighted by atomic mass is 10.2. The Labute approximate surface area is 65.2 Å². The van der Waals surface area contributed by atoms with E-state index in [2.05, 4.69) is 24.0 Å². The number of carbonyl (C=O) groups excluding carboxylic acids is 1. The zero-order valence-corrected chi connectivity index (χ0v) is 6.69. The lowest BCUT2D eigenvalue weighted by Gasteiger charge is -2.04. The van der Waals surface area contributed by atoms with E-state index in [0.717, 1.165) is 12.8 Å². The highest BCUT2D eigenvalue weighted by Crippen LogP contribution is 1.99. The second-order valence-electron chi connectivity index (χ2n) is 2.85. The molecule has 0 saturated heterocycles. The van der Waals surface area contributed by atoms with Gasteiger partial charge in [0.15, 0.2) is 12.1 Å². The van der Waals surface area contributed by atoms with Gasteiger partial charge < -0.3 is 4.57 Å². The van der Waals surface area contributed by atoms with Crippen molar-refractivity contribution in [3.8, 4) is 0 Å². The van der Waals surface area contributed by atoms with Gasteiger partial charge in [0.1, 0.15) is 6.33 Å². The minimum absolute atomic E-state index is 0.402. The summed E-state index contributed by atoms with van der Waals surface area (Å²) in [6, 6.07) is 0. The van der Waals surface area contributed by atoms with Gasteiger partial charge in [0.05, 0.1) is 0 Å². The summed E-state index contributed by atoms with van der Waals surface area (Å²) in [5.41, 5.74) is 0. The summed E-state index contributed by atoms with van der Waals surface area (Å²) in [7, 11) is 0. The molecular weight excluding hydrogens is 142 g/mol. The summed E-state index contributed by atoms with van der Waals surface area (Å²) >= 11 is 0. The van der Waals surface area contributed by atoms with Crippen molar-refractivity contribution in [1.29, 1.82) is 0 Å². The molecule has 4 nitrogen and oxygen atoms in total. The zero-order chi connectivity index (χ0) is 8.27. The van der Waals surface area contributed by atoms with Crippen molar-refractivity contribution in [3.63, 3.8) is 0 Å². The molecule has 1 aromatic rings. The van der Waals surface area contributed by atoms with E-state index < -0.39 is 0 Å². The maximum absolute atomic E-state index is 10.3. The van der Waals surface area contributed by atoms with Crippen LogP contribution in [-0.4, -0.2) is 21.1 Å². The quantitative estimate of drug-likeness (QED) is 0.602. The van der Waals surface area contributed by atoms with Crippen molar-refractivity contribution in [1.82, 2.24) is 14.8 Å². The average Bonchev–Trinajstić information content (AvgIpc) is 2.34. The van der Waals surface area contributed by atoms with Crippen LogP contribution in [0.2, 0.25) is 0 Å². The molecule has 0 aliphatic rings. The number of aldehydes is 1. The third-order valence-corrected chi connectivity index (χ3v) is 1.31. The van der Waals surface area contributed by atoms with Gasteiger partial charge >= 0.3 is 0 Å². The second-order valence-corrected chi connectivity index (χ2v) is 2.85. The van der Waals surface area contributed by atoms with Crippen LogP contribution in [0, 0.1) is 5.92 Å². The third kappa shape index (κ3) is 1.86. The first-order chi connectivity index (χ1) is 5.24. The van der Waals surface area contributed by atoms with Crippen LogP contribution >= 0.6 is 0 Å². The van der Waals surface area contributed by atoms with Crippen molar-refractivity contribution < 1.29 is 4.79 Å². The standard InChI is InChI=1S/C7H11N3O/c1-6(2)3-10-5-8-9-7(10)4-11/h4-6H,3H2,1-2H3. The molecule has 11 heavy (non-hydrogen) atoms. The zero-order valence-electron chi connectivity index (χ0n) is 6.69. The number of nitrogens with zero attached hydrogens (tertiary/aromatic N) is 3. The Morgan fingerprint density at radius 2 is 2.45 bits per heavy atom. The van der Waals surface area contributed by atoms with Crippen molar-refractivity contribution in [2.24, 2.45) is 5.92 Å². The Hall–Kier alpha value is -1.19. The molecule has 1 rings (SSSR count). The summed E-state index contributed by atoms with van der Waals surface area (Å²) in [6.45, 7) is 4.95. The SMILES string of the molecule is CC(C)Cn1cnnc1C=O. The largest absolute Gasteiger partial charge is 0.311 e. The van der Waals surface area contributed by atoms with E-state index in [-0.39, 0.29) is 0 Å². The van der Waals surface area contributed by atoms with Gasteiger partial charge in [-0.05, 0) is 5.92 Å². The molecule has 0 saturated carbocycles. The molecule has 4 heteroatoms. The number of hydrogen-bond acceptors (Lipinski definition) is 3. The van der Waals surface area contributed by atoms with Crippen LogP contribution in [-0.2, 0) is 6.54 Å². The smallest absolute Gasteiger partial charge is 0.196 e. The second kappa shape index (κ2) is 3.27. The molecule has 60 valence electrons. The first-order valence-corrected chi connectivity index (χ1v) is 3.57. The fraction of sp³-hybridized carbons (Fsp3) is 0.571. The lowest BCUT2D eigenvalue weighted by Crippen LogP contribution is -2.06. The Morgan fingerprint density at radius 3 is 3.00 bits per heavy atom. The fourth-order valence-electron chi connectivity index (χ4n) is 0.889. The van der Waals surface area contributed by atoms with E-state index in [4.69, 9.17) is 0 Å². The maximum Gasteiger partial charge on any atom is 0.196 e. The summed E-state index contributed by atoms with van der Waals surface area (Å²) in [4.78, 5) is 10.3. The molecule has 0 N–H and O–H groups in total. The van der Waals surface area contributed by atoms with Crippen molar-refractivity contribution in [2.75, 3.05) is 0 Å². The highest BCUT2D eigenvalue weighted by atomic mass is 16.1. The molecule has 0 bridgehead atoms. The molecule has 0 spiro atoms. The number of rotatable bonds is 3. The maximum atomic E-state index is 10.3. The predicted molar refractivity (Wildman–Crippen MR) is 40.2 cm³/mol. The van der Waals surface area contributed by atoms with E-state index in [1.54, 1.807) is 10.9 Å². The van der Waals surface area contributed by atoms with Crippen LogP contribution in [0.25, 0.3) is 0 Å². The fourth-order valence-corrected chi connectivity index (χ4v) is 0.889.